The Labute approximate surface area is 168 Å². The Hall–Kier alpha value is -2.51. The van der Waals surface area contributed by atoms with Gasteiger partial charge in [0.2, 0.25) is 5.89 Å². The van der Waals surface area contributed by atoms with Crippen LogP contribution in [0.1, 0.15) is 11.5 Å². The highest BCUT2D eigenvalue weighted by Crippen LogP contribution is 2.20. The summed E-state index contributed by atoms with van der Waals surface area (Å²) in [4.78, 5) is 22.4. The lowest BCUT2D eigenvalue weighted by molar-refractivity contribution is 0.136. The summed E-state index contributed by atoms with van der Waals surface area (Å²) in [5, 5.41) is 3.00. The summed E-state index contributed by atoms with van der Waals surface area (Å²) < 4.78 is 5.88. The van der Waals surface area contributed by atoms with Crippen molar-refractivity contribution in [1.82, 2.24) is 14.8 Å². The van der Waals surface area contributed by atoms with E-state index in [-0.39, 0.29) is 6.03 Å². The second kappa shape index (κ2) is 8.24. The normalized spacial score (nSPS) is 15.1. The van der Waals surface area contributed by atoms with E-state index < -0.39 is 0 Å². The minimum atomic E-state index is -0.0461. The van der Waals surface area contributed by atoms with Crippen LogP contribution in [0.25, 0.3) is 11.1 Å². The largest absolute Gasteiger partial charge is 0.439 e. The maximum absolute atomic E-state index is 12.5. The van der Waals surface area contributed by atoms with Crippen molar-refractivity contribution in [1.29, 1.82) is 0 Å². The van der Waals surface area contributed by atoms with Gasteiger partial charge in [0, 0.05) is 36.8 Å². The number of fused-ring (bicyclic) bond motifs is 1. The van der Waals surface area contributed by atoms with Crippen LogP contribution in [0.5, 0.6) is 0 Å². The predicted octanol–water partition coefficient (Wildman–Crippen LogP) is 4.21. The Morgan fingerprint density at radius 1 is 1.18 bits per heavy atom. The molecule has 0 spiro atoms. The molecule has 1 aromatic heterocycles. The Kier molecular flexibility index (Phi) is 5.54. The van der Waals surface area contributed by atoms with Crippen LogP contribution in [0.15, 0.2) is 51.8 Å². The highest BCUT2D eigenvalue weighted by molar-refractivity contribution is 7.98. The number of benzene rings is 2. The summed E-state index contributed by atoms with van der Waals surface area (Å²) in [6, 6.07) is 13.9. The first kappa shape index (κ1) is 18.8. The van der Waals surface area contributed by atoms with Crippen LogP contribution in [0.2, 0.25) is 0 Å². The second-order valence-electron chi connectivity index (χ2n) is 7.00. The molecule has 3 aromatic rings. The molecule has 0 saturated carbocycles. The van der Waals surface area contributed by atoms with Gasteiger partial charge in [-0.3, -0.25) is 4.90 Å². The lowest BCUT2D eigenvalue weighted by Gasteiger charge is -2.34. The van der Waals surface area contributed by atoms with Crippen LogP contribution in [0, 0.1) is 6.92 Å². The van der Waals surface area contributed by atoms with Crippen molar-refractivity contribution in [2.75, 3.05) is 37.8 Å². The third-order valence-electron chi connectivity index (χ3n) is 4.93. The molecule has 2 aromatic carbocycles. The highest BCUT2D eigenvalue weighted by atomic mass is 32.2. The van der Waals surface area contributed by atoms with E-state index >= 15 is 0 Å². The monoisotopic (exact) mass is 396 g/mol. The lowest BCUT2D eigenvalue weighted by Crippen LogP contribution is -2.49. The summed E-state index contributed by atoms with van der Waals surface area (Å²) in [7, 11) is 0. The Bertz CT molecular complexity index is 979. The van der Waals surface area contributed by atoms with E-state index in [9.17, 15) is 4.79 Å². The van der Waals surface area contributed by atoms with Crippen LogP contribution in [-0.2, 0) is 6.54 Å². The molecule has 2 heterocycles. The van der Waals surface area contributed by atoms with Crippen molar-refractivity contribution in [3.8, 4) is 0 Å². The molecule has 28 heavy (non-hydrogen) atoms. The van der Waals surface area contributed by atoms with Gasteiger partial charge in [-0.1, -0.05) is 12.1 Å². The molecule has 1 saturated heterocycles. The standard InChI is InChI=1S/C21H24N4O2S/c1-15-6-7-18-19(12-15)27-20(23-18)14-24-8-10-25(11-9-24)21(26)22-16-4-3-5-17(13-16)28-2/h3-7,12-13H,8-11,14H2,1-2H3,(H,22,26). The number of urea groups is 1. The van der Waals surface area contributed by atoms with Crippen molar-refractivity contribution in [2.24, 2.45) is 0 Å². The topological polar surface area (TPSA) is 61.6 Å². The van der Waals surface area contributed by atoms with Gasteiger partial charge in [-0.2, -0.15) is 0 Å². The number of piperazine rings is 1. The van der Waals surface area contributed by atoms with E-state index in [1.807, 2.05) is 60.5 Å². The number of hydrogen-bond donors (Lipinski definition) is 1. The van der Waals surface area contributed by atoms with Gasteiger partial charge < -0.3 is 14.6 Å². The third-order valence-corrected chi connectivity index (χ3v) is 5.65. The molecule has 0 aliphatic carbocycles. The van der Waals surface area contributed by atoms with E-state index in [0.29, 0.717) is 19.6 Å². The van der Waals surface area contributed by atoms with E-state index in [2.05, 4.69) is 15.2 Å². The second-order valence-corrected chi connectivity index (χ2v) is 7.88. The van der Waals surface area contributed by atoms with Gasteiger partial charge in [-0.25, -0.2) is 9.78 Å². The number of aryl methyl sites for hydroxylation is 1. The number of hydrogen-bond acceptors (Lipinski definition) is 5. The zero-order chi connectivity index (χ0) is 19.5. The molecule has 4 rings (SSSR count). The number of amides is 2. The molecule has 6 nitrogen and oxygen atoms in total. The number of anilines is 1. The van der Waals surface area contributed by atoms with E-state index in [0.717, 1.165) is 46.2 Å². The van der Waals surface area contributed by atoms with E-state index in [1.54, 1.807) is 11.8 Å². The average molecular weight is 397 g/mol. The third kappa shape index (κ3) is 4.31. The van der Waals surface area contributed by atoms with Gasteiger partial charge in [0.15, 0.2) is 5.58 Å². The number of rotatable bonds is 4. The molecule has 0 unspecified atom stereocenters. The highest BCUT2D eigenvalue weighted by Gasteiger charge is 2.22. The van der Waals surface area contributed by atoms with Gasteiger partial charge >= 0.3 is 6.03 Å². The van der Waals surface area contributed by atoms with Crippen molar-refractivity contribution >= 4 is 34.6 Å². The van der Waals surface area contributed by atoms with Gasteiger partial charge in [-0.15, -0.1) is 11.8 Å². The summed E-state index contributed by atoms with van der Waals surface area (Å²) in [6.07, 6.45) is 2.03. The molecule has 0 bridgehead atoms. The minimum Gasteiger partial charge on any atom is -0.439 e. The van der Waals surface area contributed by atoms with Crippen LogP contribution in [0.3, 0.4) is 0 Å². The number of aromatic nitrogens is 1. The first-order chi connectivity index (χ1) is 13.6. The van der Waals surface area contributed by atoms with Crippen molar-refractivity contribution in [2.45, 2.75) is 18.4 Å². The molecule has 7 heteroatoms. The van der Waals surface area contributed by atoms with Crippen LogP contribution < -0.4 is 5.32 Å². The fourth-order valence-corrected chi connectivity index (χ4v) is 3.81. The predicted molar refractivity (Wildman–Crippen MR) is 113 cm³/mol. The van der Waals surface area contributed by atoms with Crippen molar-refractivity contribution < 1.29 is 9.21 Å². The summed E-state index contributed by atoms with van der Waals surface area (Å²) in [6.45, 7) is 5.69. The quantitative estimate of drug-likeness (QED) is 0.670. The van der Waals surface area contributed by atoms with Crippen LogP contribution in [0.4, 0.5) is 10.5 Å². The summed E-state index contributed by atoms with van der Waals surface area (Å²) in [5.41, 5.74) is 3.73. The molecule has 146 valence electrons. The van der Waals surface area contributed by atoms with Gasteiger partial charge in [0.25, 0.3) is 0 Å². The Morgan fingerprint density at radius 2 is 2.00 bits per heavy atom. The first-order valence-corrected chi connectivity index (χ1v) is 10.6. The van der Waals surface area contributed by atoms with Crippen LogP contribution in [-0.4, -0.2) is 53.2 Å². The molecule has 1 aliphatic rings. The molecule has 0 atom stereocenters. The van der Waals surface area contributed by atoms with Crippen molar-refractivity contribution in [3.63, 3.8) is 0 Å². The maximum Gasteiger partial charge on any atom is 0.321 e. The minimum absolute atomic E-state index is 0.0461. The molecule has 1 aliphatic heterocycles. The first-order valence-electron chi connectivity index (χ1n) is 9.39. The zero-order valence-electron chi connectivity index (χ0n) is 16.1. The average Bonchev–Trinajstić information content (AvgIpc) is 3.10. The number of thioether (sulfide) groups is 1. The van der Waals surface area contributed by atoms with Gasteiger partial charge in [0.1, 0.15) is 5.52 Å². The van der Waals surface area contributed by atoms with Crippen molar-refractivity contribution in [3.05, 3.63) is 53.9 Å². The van der Waals surface area contributed by atoms with E-state index in [4.69, 9.17) is 4.42 Å². The molecular weight excluding hydrogens is 372 g/mol. The Balaban J connectivity index is 1.31. The number of carbonyl (C=O) groups excluding carboxylic acids is 1. The number of nitrogens with zero attached hydrogens (tertiary/aromatic N) is 3. The molecule has 0 radical (unpaired) electrons. The molecular formula is C21H24N4O2S. The Morgan fingerprint density at radius 3 is 2.79 bits per heavy atom. The van der Waals surface area contributed by atoms with Crippen LogP contribution >= 0.6 is 11.8 Å². The number of oxazole rings is 1. The van der Waals surface area contributed by atoms with E-state index in [1.165, 1.54) is 0 Å². The summed E-state index contributed by atoms with van der Waals surface area (Å²) in [5.74, 6) is 0.729. The maximum atomic E-state index is 12.5. The number of nitrogens with one attached hydrogen (secondary N) is 1. The molecule has 2 amide bonds. The SMILES string of the molecule is CSc1cccc(NC(=O)N2CCN(Cc3nc4ccc(C)cc4o3)CC2)c1. The number of carbonyl (C=O) groups is 1. The molecule has 1 N–H and O–H groups in total. The molecule has 1 fully saturated rings. The van der Waals surface area contributed by atoms with Gasteiger partial charge in [0.05, 0.1) is 6.54 Å². The zero-order valence-corrected chi connectivity index (χ0v) is 17.0. The smallest absolute Gasteiger partial charge is 0.321 e. The fourth-order valence-electron chi connectivity index (χ4n) is 3.35. The van der Waals surface area contributed by atoms with Gasteiger partial charge in [-0.05, 0) is 49.1 Å². The lowest BCUT2D eigenvalue weighted by atomic mass is 10.2. The fraction of sp³-hybridized carbons (Fsp3) is 0.333. The summed E-state index contributed by atoms with van der Waals surface area (Å²) >= 11 is 1.66.